The highest BCUT2D eigenvalue weighted by atomic mass is 32.1. The fraction of sp³-hybridized carbons (Fsp3) is 0.500. The van der Waals surface area contributed by atoms with Gasteiger partial charge in [-0.1, -0.05) is 6.07 Å². The monoisotopic (exact) mass is 369 g/mol. The van der Waals surface area contributed by atoms with E-state index < -0.39 is 0 Å². The molecule has 5 nitrogen and oxygen atoms in total. The summed E-state index contributed by atoms with van der Waals surface area (Å²) in [5.74, 6) is 0.836. The minimum atomic E-state index is -0.0875. The molecule has 1 N–H and O–H groups in total. The lowest BCUT2D eigenvalue weighted by atomic mass is 9.73. The topological polar surface area (TPSA) is 54.5 Å². The fourth-order valence-electron chi connectivity index (χ4n) is 5.12. The molecule has 6 heteroatoms. The summed E-state index contributed by atoms with van der Waals surface area (Å²) in [6, 6.07) is 7.63. The molecule has 0 aromatic carbocycles. The van der Waals surface area contributed by atoms with E-state index in [1.54, 1.807) is 23.6 Å². The average molecular weight is 369 g/mol. The number of nitrogens with one attached hydrogen (secondary N) is 1. The van der Waals surface area contributed by atoms with E-state index in [4.69, 9.17) is 4.74 Å². The third-order valence-electron chi connectivity index (χ3n) is 6.24. The van der Waals surface area contributed by atoms with Crippen molar-refractivity contribution in [1.82, 2.24) is 15.2 Å². The summed E-state index contributed by atoms with van der Waals surface area (Å²) < 4.78 is 6.48. The van der Waals surface area contributed by atoms with Crippen LogP contribution in [0.5, 0.6) is 0 Å². The molecule has 0 aliphatic carbocycles. The third kappa shape index (κ3) is 2.76. The fourth-order valence-corrected chi connectivity index (χ4v) is 5.78. The number of fused-ring (bicyclic) bond motifs is 1. The number of carbonyl (C=O) groups excluding carboxylic acids is 1. The van der Waals surface area contributed by atoms with Crippen LogP contribution in [-0.2, 0) is 11.3 Å². The first-order chi connectivity index (χ1) is 12.7. The number of likely N-dealkylation sites (tertiary alicyclic amines) is 1. The van der Waals surface area contributed by atoms with Crippen LogP contribution in [0.3, 0.4) is 0 Å². The number of thiophene rings is 1. The Morgan fingerprint density at radius 3 is 3.19 bits per heavy atom. The zero-order chi connectivity index (χ0) is 17.6. The van der Waals surface area contributed by atoms with Gasteiger partial charge in [0.05, 0.1) is 11.7 Å². The van der Waals surface area contributed by atoms with Gasteiger partial charge in [-0.15, -0.1) is 0 Å². The number of aromatic nitrogens is 1. The van der Waals surface area contributed by atoms with Crippen molar-refractivity contribution < 1.29 is 9.53 Å². The van der Waals surface area contributed by atoms with E-state index >= 15 is 0 Å². The van der Waals surface area contributed by atoms with Crippen LogP contribution in [0.1, 0.15) is 28.9 Å². The van der Waals surface area contributed by atoms with Gasteiger partial charge in [-0.25, -0.2) is 0 Å². The van der Waals surface area contributed by atoms with Crippen molar-refractivity contribution in [2.45, 2.75) is 31.1 Å². The lowest BCUT2D eigenvalue weighted by molar-refractivity contribution is 0.00213. The number of hydrogen-bond donors (Lipinski definition) is 1. The zero-order valence-electron chi connectivity index (χ0n) is 14.6. The summed E-state index contributed by atoms with van der Waals surface area (Å²) in [6.45, 7) is 3.77. The maximum Gasteiger partial charge on any atom is 0.269 e. The highest BCUT2D eigenvalue weighted by Gasteiger charge is 2.62. The number of amides is 1. The van der Waals surface area contributed by atoms with E-state index in [2.05, 4.69) is 32.0 Å². The number of carbonyl (C=O) groups is 1. The van der Waals surface area contributed by atoms with E-state index in [1.807, 2.05) is 12.1 Å². The molecule has 3 saturated heterocycles. The lowest BCUT2D eigenvalue weighted by Crippen LogP contribution is -2.42. The van der Waals surface area contributed by atoms with E-state index in [0.29, 0.717) is 30.2 Å². The predicted octanol–water partition coefficient (Wildman–Crippen LogP) is 2.55. The van der Waals surface area contributed by atoms with Gasteiger partial charge in [0, 0.05) is 44.2 Å². The molecular weight excluding hydrogens is 346 g/mol. The Morgan fingerprint density at radius 1 is 1.42 bits per heavy atom. The van der Waals surface area contributed by atoms with E-state index in [0.717, 1.165) is 32.5 Å². The molecule has 2 bridgehead atoms. The van der Waals surface area contributed by atoms with Gasteiger partial charge < -0.3 is 10.1 Å². The molecule has 0 unspecified atom stereocenters. The Bertz CT molecular complexity index is 782. The van der Waals surface area contributed by atoms with E-state index in [9.17, 15) is 4.79 Å². The van der Waals surface area contributed by atoms with Gasteiger partial charge in [-0.3, -0.25) is 14.7 Å². The first-order valence-electron chi connectivity index (χ1n) is 9.34. The molecule has 5 rings (SSSR count). The molecule has 3 fully saturated rings. The molecule has 4 atom stereocenters. The Hall–Kier alpha value is -1.76. The van der Waals surface area contributed by atoms with Gasteiger partial charge in [-0.2, -0.15) is 11.3 Å². The quantitative estimate of drug-likeness (QED) is 0.880. The zero-order valence-corrected chi connectivity index (χ0v) is 15.5. The Kier molecular flexibility index (Phi) is 4.07. The smallest absolute Gasteiger partial charge is 0.269 e. The van der Waals surface area contributed by atoms with Gasteiger partial charge >= 0.3 is 0 Å². The minimum absolute atomic E-state index is 0.0150. The summed E-state index contributed by atoms with van der Waals surface area (Å²) in [7, 11) is 0. The van der Waals surface area contributed by atoms with Gasteiger partial charge in [0.1, 0.15) is 5.69 Å². The van der Waals surface area contributed by atoms with Gasteiger partial charge in [0.15, 0.2) is 0 Å². The molecular formula is C20H23N3O2S. The second kappa shape index (κ2) is 6.44. The largest absolute Gasteiger partial charge is 0.370 e. The highest BCUT2D eigenvalue weighted by Crippen LogP contribution is 2.54. The summed E-state index contributed by atoms with van der Waals surface area (Å²) in [4.78, 5) is 19.0. The van der Waals surface area contributed by atoms with Crippen LogP contribution in [0, 0.1) is 11.8 Å². The summed E-state index contributed by atoms with van der Waals surface area (Å²) >= 11 is 1.76. The van der Waals surface area contributed by atoms with Crippen molar-refractivity contribution in [3.63, 3.8) is 0 Å². The Balaban J connectivity index is 1.25. The van der Waals surface area contributed by atoms with Gasteiger partial charge in [-0.05, 0) is 47.4 Å². The molecule has 26 heavy (non-hydrogen) atoms. The first kappa shape index (κ1) is 16.4. The summed E-state index contributed by atoms with van der Waals surface area (Å²) in [5.41, 5.74) is 1.89. The third-order valence-corrected chi connectivity index (χ3v) is 6.97. The van der Waals surface area contributed by atoms with Crippen molar-refractivity contribution in [2.24, 2.45) is 11.8 Å². The SMILES string of the molecule is O=C(NC[C@H]1[C@H]2CN(Cc3ccsc3)C[C@]23CC[C@H]1O3)c1ccccn1. The second-order valence-electron chi connectivity index (χ2n) is 7.76. The lowest BCUT2D eigenvalue weighted by Gasteiger charge is -2.29. The molecule has 5 heterocycles. The number of hydrogen-bond acceptors (Lipinski definition) is 5. The highest BCUT2D eigenvalue weighted by molar-refractivity contribution is 7.07. The van der Waals surface area contributed by atoms with Crippen LogP contribution in [-0.4, -0.2) is 47.1 Å². The standard InChI is InChI=1S/C20H23N3O2S/c24-19(17-3-1-2-7-21-17)22-9-15-16-11-23(10-14-5-8-26-12-14)13-20(16)6-4-18(15)25-20/h1-3,5,7-8,12,15-16,18H,4,6,9-11,13H2,(H,22,24)/t15-,16+,18+,20+/m0/s1. The maximum atomic E-state index is 12.4. The molecule has 3 aliphatic heterocycles. The molecule has 0 saturated carbocycles. The van der Waals surface area contributed by atoms with Crippen LogP contribution in [0.25, 0.3) is 0 Å². The number of rotatable bonds is 5. The molecule has 2 aromatic rings. The first-order valence-corrected chi connectivity index (χ1v) is 10.3. The summed E-state index contributed by atoms with van der Waals surface area (Å²) in [5, 5.41) is 7.47. The van der Waals surface area contributed by atoms with Crippen molar-refractivity contribution in [3.8, 4) is 0 Å². The molecule has 136 valence electrons. The maximum absolute atomic E-state index is 12.4. The van der Waals surface area contributed by atoms with Crippen LogP contribution in [0.15, 0.2) is 41.2 Å². The van der Waals surface area contributed by atoms with E-state index in [1.165, 1.54) is 5.56 Å². The Labute approximate surface area is 157 Å². The van der Waals surface area contributed by atoms with Crippen molar-refractivity contribution in [1.29, 1.82) is 0 Å². The van der Waals surface area contributed by atoms with Crippen molar-refractivity contribution in [2.75, 3.05) is 19.6 Å². The minimum Gasteiger partial charge on any atom is -0.370 e. The van der Waals surface area contributed by atoms with Crippen LogP contribution in [0.4, 0.5) is 0 Å². The van der Waals surface area contributed by atoms with Crippen LogP contribution in [0.2, 0.25) is 0 Å². The average Bonchev–Trinajstić information content (AvgIpc) is 3.42. The molecule has 2 aromatic heterocycles. The summed E-state index contributed by atoms with van der Waals surface area (Å²) in [6.07, 6.45) is 4.23. The molecule has 1 amide bonds. The molecule has 0 radical (unpaired) electrons. The van der Waals surface area contributed by atoms with Gasteiger partial charge in [0.25, 0.3) is 5.91 Å². The second-order valence-corrected chi connectivity index (χ2v) is 8.54. The Morgan fingerprint density at radius 2 is 2.38 bits per heavy atom. The normalized spacial score (nSPS) is 32.7. The number of pyridine rings is 1. The van der Waals surface area contributed by atoms with Gasteiger partial charge in [0.2, 0.25) is 0 Å². The predicted molar refractivity (Wildman–Crippen MR) is 100.0 cm³/mol. The number of nitrogens with zero attached hydrogens (tertiary/aromatic N) is 2. The van der Waals surface area contributed by atoms with Crippen LogP contribution < -0.4 is 5.32 Å². The van der Waals surface area contributed by atoms with E-state index in [-0.39, 0.29) is 11.5 Å². The molecule has 1 spiro atoms. The van der Waals surface area contributed by atoms with Crippen molar-refractivity contribution in [3.05, 3.63) is 52.5 Å². The number of ether oxygens (including phenoxy) is 1. The van der Waals surface area contributed by atoms with Crippen LogP contribution >= 0.6 is 11.3 Å². The van der Waals surface area contributed by atoms with Crippen molar-refractivity contribution >= 4 is 17.2 Å². The molecule has 3 aliphatic rings.